The average Bonchev–Trinajstić information content (AvgIpc) is 3.11. The van der Waals surface area contributed by atoms with E-state index >= 15 is 0 Å². The number of ether oxygens (including phenoxy) is 6. The summed E-state index contributed by atoms with van der Waals surface area (Å²) in [7, 11) is 0. The summed E-state index contributed by atoms with van der Waals surface area (Å²) in [6, 6.07) is 0. The molecule has 16 heteroatoms. The molecule has 1 rings (SSSR count). The number of unbranched alkanes of at least 4 members (excludes halogenated alkanes) is 8. The van der Waals surface area contributed by atoms with Crippen LogP contribution in [0.2, 0.25) is 0 Å². The minimum absolute atomic E-state index is 0.126. The van der Waals surface area contributed by atoms with Crippen molar-refractivity contribution in [2.24, 2.45) is 5.92 Å². The number of carbonyl (C=O) groups excluding carboxylic acids is 6. The SMILES string of the molecule is CC(=O)OC[C@H]1O[C@@H](OCCCCC(=O)NCCCNC(=O)CCOCCCC(=O)CCCCCCCCCCC(=O)O)[C@H](C)C(OC(C)=O)[C@H]1OC(C)=O. The molecule has 0 aromatic heterocycles. The van der Waals surface area contributed by atoms with Crippen molar-refractivity contribution in [1.82, 2.24) is 10.6 Å². The molecule has 1 aliphatic rings. The molecular formula is C39H66N2O14. The molecular weight excluding hydrogens is 720 g/mol. The van der Waals surface area contributed by atoms with Crippen LogP contribution in [0.1, 0.15) is 137 Å². The first kappa shape index (κ1) is 49.4. The molecule has 316 valence electrons. The number of carbonyl (C=O) groups is 7. The van der Waals surface area contributed by atoms with Crippen LogP contribution in [0.4, 0.5) is 0 Å². The number of carboxylic acids is 1. The highest BCUT2D eigenvalue weighted by Crippen LogP contribution is 2.32. The Bertz CT molecular complexity index is 1170. The summed E-state index contributed by atoms with van der Waals surface area (Å²) in [5.74, 6) is -3.02. The molecule has 0 aromatic carbocycles. The number of nitrogens with one attached hydrogen (secondary N) is 2. The number of carboxylic acid groups (broad SMARTS) is 1. The van der Waals surface area contributed by atoms with Crippen molar-refractivity contribution in [1.29, 1.82) is 0 Å². The van der Waals surface area contributed by atoms with Gasteiger partial charge in [-0.25, -0.2) is 0 Å². The van der Waals surface area contributed by atoms with Gasteiger partial charge in [-0.05, 0) is 38.5 Å². The molecule has 1 saturated heterocycles. The Hall–Kier alpha value is -3.63. The van der Waals surface area contributed by atoms with Crippen molar-refractivity contribution in [3.63, 3.8) is 0 Å². The fourth-order valence-corrected chi connectivity index (χ4v) is 5.99. The molecule has 3 N–H and O–H groups in total. The molecule has 1 fully saturated rings. The molecule has 0 radical (unpaired) electrons. The zero-order valence-corrected chi connectivity index (χ0v) is 33.4. The maximum atomic E-state index is 12.3. The van der Waals surface area contributed by atoms with E-state index in [1.165, 1.54) is 20.8 Å². The highest BCUT2D eigenvalue weighted by molar-refractivity contribution is 5.78. The Kier molecular flexibility index (Phi) is 27.5. The van der Waals surface area contributed by atoms with Gasteiger partial charge in [0, 0.05) is 85.1 Å². The van der Waals surface area contributed by atoms with Gasteiger partial charge >= 0.3 is 23.9 Å². The Morgan fingerprint density at radius 2 is 1.13 bits per heavy atom. The molecule has 0 aliphatic carbocycles. The first-order valence-electron chi connectivity index (χ1n) is 19.9. The smallest absolute Gasteiger partial charge is 0.303 e. The standard InChI is InChI=1S/C39H66N2O14/c1-28-37(53-30(3)43)38(54-31(4)44)33(27-52-29(2)42)55-39(28)51-25-14-13-19-34(46)40-22-16-23-41-35(47)21-26-50-24-15-18-32(45)17-11-9-7-5-6-8-10-12-20-36(48)49/h28,33,37-39H,5-27H2,1-4H3,(H,40,46)(H,41,47)(H,48,49)/t28-,33-,37?,38+,39-/m1/s1. The first-order chi connectivity index (χ1) is 26.3. The third-order valence-corrected chi connectivity index (χ3v) is 8.89. The zero-order chi connectivity index (χ0) is 40.8. The van der Waals surface area contributed by atoms with Crippen LogP contribution in [-0.4, -0.2) is 111 Å². The van der Waals surface area contributed by atoms with Gasteiger partial charge in [-0.3, -0.25) is 33.6 Å². The van der Waals surface area contributed by atoms with E-state index in [1.54, 1.807) is 6.92 Å². The van der Waals surface area contributed by atoms with Gasteiger partial charge in [0.1, 0.15) is 24.6 Å². The summed E-state index contributed by atoms with van der Waals surface area (Å²) < 4.78 is 33.3. The number of ketones is 1. The highest BCUT2D eigenvalue weighted by atomic mass is 16.7. The number of hydrogen-bond donors (Lipinski definition) is 3. The van der Waals surface area contributed by atoms with Crippen LogP contribution < -0.4 is 10.6 Å². The molecule has 1 heterocycles. The van der Waals surface area contributed by atoms with Crippen LogP contribution in [0.25, 0.3) is 0 Å². The van der Waals surface area contributed by atoms with E-state index in [1.807, 2.05) is 0 Å². The quantitative estimate of drug-likeness (QED) is 0.0492. The first-order valence-corrected chi connectivity index (χ1v) is 19.9. The van der Waals surface area contributed by atoms with Gasteiger partial charge in [0.15, 0.2) is 12.4 Å². The van der Waals surface area contributed by atoms with Gasteiger partial charge < -0.3 is 44.2 Å². The van der Waals surface area contributed by atoms with Gasteiger partial charge in [-0.1, -0.05) is 45.4 Å². The maximum Gasteiger partial charge on any atom is 0.303 e. The molecule has 55 heavy (non-hydrogen) atoms. The van der Waals surface area contributed by atoms with Crippen molar-refractivity contribution in [3.05, 3.63) is 0 Å². The second-order valence-electron chi connectivity index (χ2n) is 14.0. The van der Waals surface area contributed by atoms with Crippen LogP contribution in [0.5, 0.6) is 0 Å². The van der Waals surface area contributed by atoms with Crippen molar-refractivity contribution < 1.29 is 67.1 Å². The lowest BCUT2D eigenvalue weighted by molar-refractivity contribution is -0.288. The molecule has 0 aromatic rings. The molecule has 5 atom stereocenters. The Morgan fingerprint density at radius 3 is 1.73 bits per heavy atom. The minimum Gasteiger partial charge on any atom is -0.481 e. The normalized spacial score (nSPS) is 19.2. The molecule has 0 spiro atoms. The van der Waals surface area contributed by atoms with Crippen LogP contribution in [0, 0.1) is 5.92 Å². The van der Waals surface area contributed by atoms with Crippen molar-refractivity contribution in [3.8, 4) is 0 Å². The lowest BCUT2D eigenvalue weighted by Gasteiger charge is -2.43. The van der Waals surface area contributed by atoms with Crippen molar-refractivity contribution in [2.45, 2.75) is 161 Å². The number of amides is 2. The number of aliphatic carboxylic acids is 1. The zero-order valence-electron chi connectivity index (χ0n) is 33.4. The van der Waals surface area contributed by atoms with Gasteiger partial charge in [0.25, 0.3) is 0 Å². The predicted octanol–water partition coefficient (Wildman–Crippen LogP) is 4.32. The summed E-state index contributed by atoms with van der Waals surface area (Å²) in [5.41, 5.74) is 0. The van der Waals surface area contributed by atoms with Crippen LogP contribution >= 0.6 is 0 Å². The summed E-state index contributed by atoms with van der Waals surface area (Å²) in [5, 5.41) is 14.3. The van der Waals surface area contributed by atoms with E-state index < -0.39 is 54.4 Å². The van der Waals surface area contributed by atoms with Gasteiger partial charge in [-0.2, -0.15) is 0 Å². The van der Waals surface area contributed by atoms with Crippen molar-refractivity contribution >= 4 is 41.5 Å². The van der Waals surface area contributed by atoms with E-state index in [0.29, 0.717) is 58.2 Å². The minimum atomic E-state index is -1.000. The maximum absolute atomic E-state index is 12.3. The van der Waals surface area contributed by atoms with Gasteiger partial charge in [0.2, 0.25) is 11.8 Å². The Morgan fingerprint density at radius 1 is 0.582 bits per heavy atom. The van der Waals surface area contributed by atoms with E-state index in [4.69, 9.17) is 33.5 Å². The van der Waals surface area contributed by atoms with E-state index in [0.717, 1.165) is 51.4 Å². The van der Waals surface area contributed by atoms with E-state index in [9.17, 15) is 33.6 Å². The number of hydrogen-bond acceptors (Lipinski definition) is 13. The number of rotatable bonds is 32. The molecule has 0 bridgehead atoms. The van der Waals surface area contributed by atoms with Crippen molar-refractivity contribution in [2.75, 3.05) is 39.5 Å². The van der Waals surface area contributed by atoms with Crippen LogP contribution in [0.3, 0.4) is 0 Å². The third-order valence-electron chi connectivity index (χ3n) is 8.89. The Labute approximate surface area is 325 Å². The highest BCUT2D eigenvalue weighted by Gasteiger charge is 2.48. The second-order valence-corrected chi connectivity index (χ2v) is 14.0. The largest absolute Gasteiger partial charge is 0.481 e. The second kappa shape index (κ2) is 30.6. The monoisotopic (exact) mass is 786 g/mol. The van der Waals surface area contributed by atoms with E-state index in [-0.39, 0.29) is 56.7 Å². The van der Waals surface area contributed by atoms with Crippen LogP contribution in [0.15, 0.2) is 0 Å². The molecule has 16 nitrogen and oxygen atoms in total. The summed E-state index contributed by atoms with van der Waals surface area (Å²) in [6.07, 6.45) is 8.43. The van der Waals surface area contributed by atoms with E-state index in [2.05, 4.69) is 10.6 Å². The number of Topliss-reactive ketones (excluding diaryl/α,β-unsaturated/α-hetero) is 1. The molecule has 0 saturated carbocycles. The number of esters is 3. The lowest BCUT2D eigenvalue weighted by Crippen LogP contribution is -2.58. The predicted molar refractivity (Wildman–Crippen MR) is 199 cm³/mol. The fourth-order valence-electron chi connectivity index (χ4n) is 5.99. The lowest BCUT2D eigenvalue weighted by atomic mass is 9.92. The van der Waals surface area contributed by atoms with Crippen LogP contribution in [-0.2, 0) is 62.0 Å². The summed E-state index contributed by atoms with van der Waals surface area (Å²) in [6.45, 7) is 6.97. The van der Waals surface area contributed by atoms with Gasteiger partial charge in [-0.15, -0.1) is 0 Å². The molecule has 2 amide bonds. The summed E-state index contributed by atoms with van der Waals surface area (Å²) in [4.78, 5) is 81.9. The fraction of sp³-hybridized carbons (Fsp3) is 0.821. The molecule has 1 aliphatic heterocycles. The Balaban J connectivity index is 2.09. The van der Waals surface area contributed by atoms with Gasteiger partial charge in [0.05, 0.1) is 6.61 Å². The topological polar surface area (TPSA) is 219 Å². The summed E-state index contributed by atoms with van der Waals surface area (Å²) >= 11 is 0. The molecule has 1 unspecified atom stereocenters. The average molecular weight is 787 g/mol. The third kappa shape index (κ3) is 26.0.